The van der Waals surface area contributed by atoms with E-state index in [1.807, 2.05) is 0 Å². The van der Waals surface area contributed by atoms with Gasteiger partial charge in [-0.05, 0) is 49.4 Å². The summed E-state index contributed by atoms with van der Waals surface area (Å²) in [6, 6.07) is 15.6. The lowest BCUT2D eigenvalue weighted by molar-refractivity contribution is 0.834. The molecule has 96 valence electrons. The van der Waals surface area contributed by atoms with Gasteiger partial charge in [-0.2, -0.15) is 0 Å². The number of benzene rings is 2. The van der Waals surface area contributed by atoms with E-state index in [2.05, 4.69) is 74.0 Å². The number of hydrogen-bond donors (Lipinski definition) is 0. The zero-order valence-electron chi connectivity index (χ0n) is 11.8. The van der Waals surface area contributed by atoms with Crippen LogP contribution < -0.4 is 0 Å². The summed E-state index contributed by atoms with van der Waals surface area (Å²) in [7, 11) is 0. The highest BCUT2D eigenvalue weighted by molar-refractivity contribution is 5.80. The van der Waals surface area contributed by atoms with E-state index in [1.165, 1.54) is 33.2 Å². The summed E-state index contributed by atoms with van der Waals surface area (Å²) in [5.41, 5.74) is 6.67. The van der Waals surface area contributed by atoms with Gasteiger partial charge in [-0.25, -0.2) is 0 Å². The number of nitrogens with zero attached hydrogens (tertiary/aromatic N) is 1. The molecule has 2 aromatic carbocycles. The largest absolute Gasteiger partial charge is 0.343 e. The Bertz CT molecular complexity index is 714. The van der Waals surface area contributed by atoms with Crippen LogP contribution in [0, 0.1) is 20.8 Å². The molecule has 0 aliphatic heterocycles. The van der Waals surface area contributed by atoms with E-state index in [1.54, 1.807) is 0 Å². The van der Waals surface area contributed by atoms with E-state index in [0.717, 1.165) is 6.54 Å². The highest BCUT2D eigenvalue weighted by Crippen LogP contribution is 2.19. The fourth-order valence-corrected chi connectivity index (χ4v) is 2.79. The second-order valence-corrected chi connectivity index (χ2v) is 5.50. The Morgan fingerprint density at radius 1 is 0.789 bits per heavy atom. The molecule has 0 aliphatic carbocycles. The highest BCUT2D eigenvalue weighted by atomic mass is 14.9. The van der Waals surface area contributed by atoms with E-state index in [9.17, 15) is 0 Å². The first-order valence-electron chi connectivity index (χ1n) is 6.74. The zero-order chi connectivity index (χ0) is 13.4. The summed E-state index contributed by atoms with van der Waals surface area (Å²) in [4.78, 5) is 0. The molecule has 0 saturated carbocycles. The molecule has 0 bridgehead atoms. The van der Waals surface area contributed by atoms with Gasteiger partial charge in [-0.15, -0.1) is 0 Å². The molecular weight excluding hydrogens is 230 g/mol. The van der Waals surface area contributed by atoms with Crippen molar-refractivity contribution in [2.75, 3.05) is 0 Å². The van der Waals surface area contributed by atoms with E-state index >= 15 is 0 Å². The van der Waals surface area contributed by atoms with Crippen molar-refractivity contribution in [3.05, 3.63) is 70.9 Å². The average molecular weight is 249 g/mol. The maximum Gasteiger partial charge on any atom is 0.0486 e. The van der Waals surface area contributed by atoms with Crippen LogP contribution in [0.3, 0.4) is 0 Å². The van der Waals surface area contributed by atoms with Gasteiger partial charge >= 0.3 is 0 Å². The Labute approximate surface area is 114 Å². The van der Waals surface area contributed by atoms with Crippen molar-refractivity contribution in [3.63, 3.8) is 0 Å². The predicted molar refractivity (Wildman–Crippen MR) is 81.7 cm³/mol. The molecule has 0 atom stereocenters. The molecule has 1 heteroatoms. The van der Waals surface area contributed by atoms with Gasteiger partial charge in [0.15, 0.2) is 0 Å². The van der Waals surface area contributed by atoms with Crippen molar-refractivity contribution >= 4 is 10.9 Å². The van der Waals surface area contributed by atoms with Gasteiger partial charge in [0.1, 0.15) is 0 Å². The molecule has 0 fully saturated rings. The molecule has 1 aromatic heterocycles. The van der Waals surface area contributed by atoms with Crippen LogP contribution in [0.2, 0.25) is 0 Å². The van der Waals surface area contributed by atoms with E-state index in [-0.39, 0.29) is 0 Å². The van der Waals surface area contributed by atoms with Crippen LogP contribution in [0.4, 0.5) is 0 Å². The number of rotatable bonds is 2. The number of aryl methyl sites for hydroxylation is 3. The molecule has 0 aliphatic rings. The fourth-order valence-electron chi connectivity index (χ4n) is 2.79. The van der Waals surface area contributed by atoms with Gasteiger partial charge < -0.3 is 4.57 Å². The van der Waals surface area contributed by atoms with Crippen LogP contribution in [0.15, 0.2) is 48.7 Å². The number of aromatic nitrogens is 1. The zero-order valence-corrected chi connectivity index (χ0v) is 11.8. The SMILES string of the molecule is Cc1cc(C)cc(Cn2ccc3ccc(C)cc32)c1. The minimum Gasteiger partial charge on any atom is -0.343 e. The van der Waals surface area contributed by atoms with Gasteiger partial charge in [-0.3, -0.25) is 0 Å². The minimum absolute atomic E-state index is 0.940. The second-order valence-electron chi connectivity index (χ2n) is 5.50. The molecule has 0 saturated heterocycles. The molecule has 3 rings (SSSR count). The summed E-state index contributed by atoms with van der Waals surface area (Å²) in [5, 5.41) is 1.31. The van der Waals surface area contributed by atoms with Crippen LogP contribution in [0.1, 0.15) is 22.3 Å². The monoisotopic (exact) mass is 249 g/mol. The third kappa shape index (κ3) is 2.41. The third-order valence-corrected chi connectivity index (χ3v) is 3.56. The Kier molecular flexibility index (Phi) is 2.90. The van der Waals surface area contributed by atoms with Gasteiger partial charge in [0.2, 0.25) is 0 Å². The molecule has 1 heterocycles. The molecule has 0 radical (unpaired) electrons. The summed E-state index contributed by atoms with van der Waals surface area (Å²) < 4.78 is 2.33. The normalized spacial score (nSPS) is 11.1. The number of fused-ring (bicyclic) bond motifs is 1. The van der Waals surface area contributed by atoms with Gasteiger partial charge in [0.25, 0.3) is 0 Å². The fraction of sp³-hybridized carbons (Fsp3) is 0.222. The average Bonchev–Trinajstić information content (AvgIpc) is 2.70. The quantitative estimate of drug-likeness (QED) is 0.625. The maximum absolute atomic E-state index is 2.33. The van der Waals surface area contributed by atoms with E-state index < -0.39 is 0 Å². The van der Waals surface area contributed by atoms with Crippen LogP contribution >= 0.6 is 0 Å². The number of hydrogen-bond acceptors (Lipinski definition) is 0. The van der Waals surface area contributed by atoms with Crippen LogP contribution in [0.25, 0.3) is 10.9 Å². The Hall–Kier alpha value is -2.02. The van der Waals surface area contributed by atoms with Crippen molar-refractivity contribution in [1.29, 1.82) is 0 Å². The molecule has 0 unspecified atom stereocenters. The van der Waals surface area contributed by atoms with Crippen molar-refractivity contribution in [2.24, 2.45) is 0 Å². The highest BCUT2D eigenvalue weighted by Gasteiger charge is 2.03. The second kappa shape index (κ2) is 4.58. The van der Waals surface area contributed by atoms with Crippen molar-refractivity contribution in [1.82, 2.24) is 4.57 Å². The molecular formula is C18H19N. The molecule has 0 N–H and O–H groups in total. The van der Waals surface area contributed by atoms with Gasteiger partial charge in [0.05, 0.1) is 0 Å². The predicted octanol–water partition coefficient (Wildman–Crippen LogP) is 4.61. The molecule has 1 nitrogen and oxygen atoms in total. The van der Waals surface area contributed by atoms with E-state index in [4.69, 9.17) is 0 Å². The topological polar surface area (TPSA) is 4.93 Å². The maximum atomic E-state index is 2.33. The van der Waals surface area contributed by atoms with E-state index in [0.29, 0.717) is 0 Å². The molecule has 0 spiro atoms. The van der Waals surface area contributed by atoms with Crippen LogP contribution in [-0.2, 0) is 6.54 Å². The summed E-state index contributed by atoms with van der Waals surface area (Å²) >= 11 is 0. The lowest BCUT2D eigenvalue weighted by Crippen LogP contribution is -1.99. The van der Waals surface area contributed by atoms with Gasteiger partial charge in [-0.1, -0.05) is 41.5 Å². The van der Waals surface area contributed by atoms with Crippen molar-refractivity contribution in [2.45, 2.75) is 27.3 Å². The summed E-state index contributed by atoms with van der Waals surface area (Å²) in [6.45, 7) is 7.41. The Morgan fingerprint density at radius 3 is 2.26 bits per heavy atom. The Balaban J connectivity index is 2.03. The molecule has 3 aromatic rings. The van der Waals surface area contributed by atoms with Crippen LogP contribution in [-0.4, -0.2) is 4.57 Å². The first-order valence-corrected chi connectivity index (χ1v) is 6.74. The lowest BCUT2D eigenvalue weighted by atomic mass is 10.1. The minimum atomic E-state index is 0.940. The smallest absolute Gasteiger partial charge is 0.0486 e. The van der Waals surface area contributed by atoms with Crippen molar-refractivity contribution in [3.8, 4) is 0 Å². The van der Waals surface area contributed by atoms with Crippen molar-refractivity contribution < 1.29 is 0 Å². The molecule has 19 heavy (non-hydrogen) atoms. The Morgan fingerprint density at radius 2 is 1.53 bits per heavy atom. The van der Waals surface area contributed by atoms with Gasteiger partial charge in [0, 0.05) is 18.3 Å². The first-order chi connectivity index (χ1) is 9.11. The van der Waals surface area contributed by atoms with Crippen LogP contribution in [0.5, 0.6) is 0 Å². The summed E-state index contributed by atoms with van der Waals surface area (Å²) in [5.74, 6) is 0. The third-order valence-electron chi connectivity index (χ3n) is 3.56. The summed E-state index contributed by atoms with van der Waals surface area (Å²) in [6.07, 6.45) is 2.18. The molecule has 0 amide bonds. The first kappa shape index (κ1) is 12.0. The lowest BCUT2D eigenvalue weighted by Gasteiger charge is -2.08. The standard InChI is InChI=1S/C18H19N/c1-13-4-5-17-6-7-19(18(17)11-13)12-16-9-14(2)8-15(3)10-16/h4-11H,12H2,1-3H3.